The maximum absolute atomic E-state index is 11.5. The van der Waals surface area contributed by atoms with E-state index >= 15 is 0 Å². The molecule has 1 aromatic rings. The molecule has 1 rings (SSSR count). The van der Waals surface area contributed by atoms with E-state index in [0.717, 1.165) is 0 Å². The fourth-order valence-electron chi connectivity index (χ4n) is 0.182. The maximum Gasteiger partial charge on any atom is 0.348 e. The van der Waals surface area contributed by atoms with Crippen molar-refractivity contribution in [1.29, 1.82) is 0 Å². The lowest BCUT2D eigenvalue weighted by molar-refractivity contribution is 0.539. The molecule has 0 N–H and O–H groups in total. The molecule has 0 aliphatic heterocycles. The minimum absolute atomic E-state index is 0.523. The largest absolute Gasteiger partial charge is 0.348 e. The van der Waals surface area contributed by atoms with Crippen LogP contribution in [-0.2, 0) is 0 Å². The predicted octanol–water partition coefficient (Wildman–Crippen LogP) is -0.186. The number of tetrazole rings is 1. The Labute approximate surface area is 43.0 Å². The summed E-state index contributed by atoms with van der Waals surface area (Å²) in [6, 6.07) is 0. The third-order valence-corrected chi connectivity index (χ3v) is 0.509. The molecule has 0 amide bonds. The Kier molecular flexibility index (Phi) is 0.900. The maximum atomic E-state index is 11.5. The van der Waals surface area contributed by atoms with Gasteiger partial charge >= 0.3 is 6.08 Å². The van der Waals surface area contributed by atoms with Gasteiger partial charge in [0.05, 0.1) is 11.8 Å². The lowest BCUT2D eigenvalue weighted by atomic mass is 11.3. The summed E-state index contributed by atoms with van der Waals surface area (Å²) in [7, 11) is 0. The van der Waals surface area contributed by atoms with Crippen molar-refractivity contribution in [3.05, 3.63) is 6.08 Å². The van der Waals surface area contributed by atoms with E-state index in [1.165, 1.54) is 0 Å². The molecule has 0 aliphatic rings. The van der Waals surface area contributed by atoms with Crippen LogP contribution in [0.4, 0.5) is 4.39 Å². The Bertz CT molecular complexity index is 144. The SMILES string of the molecule is Fc1nnn(Cl)n1. The van der Waals surface area contributed by atoms with Crippen molar-refractivity contribution < 1.29 is 4.39 Å². The highest BCUT2D eigenvalue weighted by Gasteiger charge is 1.92. The fourth-order valence-corrected chi connectivity index (χ4v) is 0.278. The van der Waals surface area contributed by atoms with Crippen molar-refractivity contribution in [3.8, 4) is 0 Å². The molecule has 6 heteroatoms. The van der Waals surface area contributed by atoms with Gasteiger partial charge < -0.3 is 0 Å². The Morgan fingerprint density at radius 3 is 2.57 bits per heavy atom. The lowest BCUT2D eigenvalue weighted by Crippen LogP contribution is -1.83. The topological polar surface area (TPSA) is 43.6 Å². The zero-order valence-electron chi connectivity index (χ0n) is 3.04. The van der Waals surface area contributed by atoms with Crippen LogP contribution < -0.4 is 0 Å². The lowest BCUT2D eigenvalue weighted by Gasteiger charge is -1.66. The van der Waals surface area contributed by atoms with Crippen LogP contribution >= 0.6 is 11.8 Å². The number of rotatable bonds is 0. The first-order valence-electron chi connectivity index (χ1n) is 1.41. The first kappa shape index (κ1) is 4.45. The molecule has 0 atom stereocenters. The van der Waals surface area contributed by atoms with Gasteiger partial charge in [0.1, 0.15) is 0 Å². The van der Waals surface area contributed by atoms with Crippen molar-refractivity contribution in [2.45, 2.75) is 0 Å². The number of aromatic nitrogens is 4. The van der Waals surface area contributed by atoms with E-state index < -0.39 is 6.08 Å². The number of hydrogen-bond donors (Lipinski definition) is 0. The van der Waals surface area contributed by atoms with Gasteiger partial charge in [-0.2, -0.15) is 4.39 Å². The summed E-state index contributed by atoms with van der Waals surface area (Å²) in [6.45, 7) is 0. The molecule has 0 bridgehead atoms. The van der Waals surface area contributed by atoms with Crippen LogP contribution in [0.3, 0.4) is 0 Å². The number of halogens is 2. The highest BCUT2D eigenvalue weighted by atomic mass is 35.5. The molecule has 0 aliphatic carbocycles. The average Bonchev–Trinajstić information content (AvgIpc) is 1.87. The van der Waals surface area contributed by atoms with Gasteiger partial charge in [-0.15, -0.1) is 0 Å². The van der Waals surface area contributed by atoms with Crippen molar-refractivity contribution in [3.63, 3.8) is 0 Å². The van der Waals surface area contributed by atoms with Gasteiger partial charge in [0.15, 0.2) is 0 Å². The summed E-state index contributed by atoms with van der Waals surface area (Å²) < 4.78 is 12.1. The van der Waals surface area contributed by atoms with Crippen molar-refractivity contribution >= 4 is 11.8 Å². The van der Waals surface area contributed by atoms with E-state index in [2.05, 4.69) is 15.4 Å². The van der Waals surface area contributed by atoms with Gasteiger partial charge in [0.2, 0.25) is 0 Å². The molecule has 0 spiro atoms. The van der Waals surface area contributed by atoms with E-state index in [1.807, 2.05) is 0 Å². The second kappa shape index (κ2) is 1.42. The van der Waals surface area contributed by atoms with Crippen LogP contribution in [-0.4, -0.2) is 19.7 Å². The summed E-state index contributed by atoms with van der Waals surface area (Å²) in [5.41, 5.74) is 0. The van der Waals surface area contributed by atoms with E-state index in [1.54, 1.807) is 0 Å². The van der Waals surface area contributed by atoms with Crippen LogP contribution in [0, 0.1) is 6.08 Å². The van der Waals surface area contributed by atoms with Gasteiger partial charge in [0.25, 0.3) is 0 Å². The fraction of sp³-hybridized carbons (Fsp3) is 0. The van der Waals surface area contributed by atoms with Crippen LogP contribution in [0.15, 0.2) is 0 Å². The Morgan fingerprint density at radius 2 is 2.43 bits per heavy atom. The van der Waals surface area contributed by atoms with Crippen LogP contribution in [0.2, 0.25) is 0 Å². The molecule has 1 aromatic heterocycles. The second-order valence-electron chi connectivity index (χ2n) is 0.799. The second-order valence-corrected chi connectivity index (χ2v) is 1.10. The van der Waals surface area contributed by atoms with Crippen molar-refractivity contribution in [1.82, 2.24) is 19.7 Å². The molecule has 0 saturated heterocycles. The van der Waals surface area contributed by atoms with Gasteiger partial charge in [0, 0.05) is 0 Å². The number of nitrogens with zero attached hydrogens (tertiary/aromatic N) is 4. The molecule has 0 unspecified atom stereocenters. The van der Waals surface area contributed by atoms with Crippen molar-refractivity contribution in [2.75, 3.05) is 0 Å². The summed E-state index contributed by atoms with van der Waals surface area (Å²) in [4.78, 5) is 0. The minimum Gasteiger partial charge on any atom is -0.158 e. The Hall–Kier alpha value is -0.710. The summed E-state index contributed by atoms with van der Waals surface area (Å²) >= 11 is 4.95. The van der Waals surface area contributed by atoms with E-state index in [4.69, 9.17) is 11.8 Å². The van der Waals surface area contributed by atoms with Gasteiger partial charge in [-0.1, -0.05) is 14.5 Å². The normalized spacial score (nSPS) is 9.43. The third kappa shape index (κ3) is 0.833. The molecule has 0 aromatic carbocycles. The molecule has 38 valence electrons. The van der Waals surface area contributed by atoms with Crippen molar-refractivity contribution in [2.24, 2.45) is 0 Å². The third-order valence-electron chi connectivity index (χ3n) is 0.366. The van der Waals surface area contributed by atoms with E-state index in [0.29, 0.717) is 4.32 Å². The van der Waals surface area contributed by atoms with Gasteiger partial charge in [-0.05, 0) is 5.21 Å². The molecule has 0 saturated carbocycles. The zero-order chi connectivity index (χ0) is 5.28. The quantitative estimate of drug-likeness (QED) is 0.479. The first-order valence-corrected chi connectivity index (χ1v) is 1.74. The number of hydrogen-bond acceptors (Lipinski definition) is 3. The summed E-state index contributed by atoms with van der Waals surface area (Å²) in [6.07, 6.45) is -0.921. The predicted molar refractivity (Wildman–Crippen MR) is 19.0 cm³/mol. The highest BCUT2D eigenvalue weighted by Crippen LogP contribution is 1.80. The monoisotopic (exact) mass is 122 g/mol. The van der Waals surface area contributed by atoms with Gasteiger partial charge in [-0.3, -0.25) is 0 Å². The Morgan fingerprint density at radius 1 is 1.71 bits per heavy atom. The van der Waals surface area contributed by atoms with Crippen LogP contribution in [0.25, 0.3) is 0 Å². The summed E-state index contributed by atoms with van der Waals surface area (Å²) in [5.74, 6) is 0. The molecule has 1 heterocycles. The highest BCUT2D eigenvalue weighted by molar-refractivity contribution is 6.13. The van der Waals surface area contributed by atoms with E-state index in [9.17, 15) is 4.39 Å². The van der Waals surface area contributed by atoms with E-state index in [-0.39, 0.29) is 0 Å². The minimum atomic E-state index is -0.921. The molecule has 0 fully saturated rings. The smallest absolute Gasteiger partial charge is 0.158 e. The average molecular weight is 122 g/mol. The summed E-state index contributed by atoms with van der Waals surface area (Å²) in [5, 5.41) is 8.69. The molecular weight excluding hydrogens is 122 g/mol. The Balaban J connectivity index is 3.04. The van der Waals surface area contributed by atoms with Crippen LogP contribution in [0.1, 0.15) is 0 Å². The van der Waals surface area contributed by atoms with Crippen LogP contribution in [0.5, 0.6) is 0 Å². The standard InChI is InChI=1S/CClFN4/c2-7-5-1(3)4-6-7. The molecular formula is CClFN4. The van der Waals surface area contributed by atoms with Gasteiger partial charge in [-0.25, -0.2) is 0 Å². The molecule has 4 nitrogen and oxygen atoms in total. The zero-order valence-corrected chi connectivity index (χ0v) is 3.80. The molecule has 0 radical (unpaired) electrons. The molecule has 7 heavy (non-hydrogen) atoms. The first-order chi connectivity index (χ1) is 3.29.